The van der Waals surface area contributed by atoms with E-state index in [1.54, 1.807) is 31.4 Å². The first-order valence-corrected chi connectivity index (χ1v) is 8.82. The van der Waals surface area contributed by atoms with Crippen LogP contribution in [0.25, 0.3) is 5.69 Å². The van der Waals surface area contributed by atoms with Crippen molar-refractivity contribution in [1.29, 1.82) is 0 Å². The molecule has 1 amide bonds. The van der Waals surface area contributed by atoms with E-state index in [1.807, 2.05) is 31.2 Å². The minimum atomic E-state index is -0.533. The van der Waals surface area contributed by atoms with Crippen molar-refractivity contribution in [2.24, 2.45) is 0 Å². The molecule has 0 aliphatic rings. The number of hydrogen-bond acceptors (Lipinski definition) is 5. The van der Waals surface area contributed by atoms with Crippen LogP contribution in [0.5, 0.6) is 5.75 Å². The number of methoxy groups -OCH3 is 1. The summed E-state index contributed by atoms with van der Waals surface area (Å²) in [5.74, 6) is 0.571. The number of benzene rings is 2. The molecule has 0 saturated carbocycles. The number of thioether (sulfide) groups is 1. The number of aryl methyl sites for hydroxylation is 1. The van der Waals surface area contributed by atoms with Crippen LogP contribution in [-0.4, -0.2) is 24.0 Å². The molecular formula is C18H18N3O4S+. The van der Waals surface area contributed by atoms with Gasteiger partial charge in [-0.25, -0.2) is 4.79 Å². The van der Waals surface area contributed by atoms with E-state index in [4.69, 9.17) is 9.26 Å². The molecule has 0 unspecified atom stereocenters. The minimum absolute atomic E-state index is 0.0761. The number of rotatable bonds is 6. The van der Waals surface area contributed by atoms with Gasteiger partial charge in [0.2, 0.25) is 11.6 Å². The van der Waals surface area contributed by atoms with E-state index in [1.165, 1.54) is 4.68 Å². The number of carbonyl (C=O) groups excluding carboxylic acids is 1. The molecule has 2 N–H and O–H groups in total. The molecule has 134 valence electrons. The maximum atomic E-state index is 12.2. The van der Waals surface area contributed by atoms with E-state index in [0.717, 1.165) is 23.0 Å². The lowest BCUT2D eigenvalue weighted by Gasteiger charge is -2.04. The first-order chi connectivity index (χ1) is 12.6. The van der Waals surface area contributed by atoms with Crippen LogP contribution in [-0.2, 0) is 4.79 Å². The van der Waals surface area contributed by atoms with Gasteiger partial charge in [0.05, 0.1) is 12.9 Å². The SMILES string of the molecule is COc1ccc(-[n+]2[nH]oc(=O)c2SCC(=O)Nc2cccc(C)c2)cc1. The fourth-order valence-electron chi connectivity index (χ4n) is 2.34. The van der Waals surface area contributed by atoms with Crippen molar-refractivity contribution in [2.45, 2.75) is 11.9 Å². The summed E-state index contributed by atoms with van der Waals surface area (Å²) >= 11 is 1.10. The molecule has 0 aliphatic carbocycles. The molecule has 3 aromatic rings. The van der Waals surface area contributed by atoms with Crippen LogP contribution in [0.3, 0.4) is 0 Å². The van der Waals surface area contributed by atoms with Crippen molar-refractivity contribution < 1.29 is 18.7 Å². The summed E-state index contributed by atoms with van der Waals surface area (Å²) in [5, 5.41) is 5.64. The summed E-state index contributed by atoms with van der Waals surface area (Å²) < 4.78 is 11.5. The molecular weight excluding hydrogens is 354 g/mol. The molecule has 0 fully saturated rings. The van der Waals surface area contributed by atoms with Crippen LogP contribution in [0.15, 0.2) is 62.9 Å². The molecule has 0 spiro atoms. The average molecular weight is 372 g/mol. The summed E-state index contributed by atoms with van der Waals surface area (Å²) in [7, 11) is 1.58. The predicted molar refractivity (Wildman–Crippen MR) is 97.9 cm³/mol. The Bertz CT molecular complexity index is 963. The van der Waals surface area contributed by atoms with E-state index in [-0.39, 0.29) is 16.7 Å². The van der Waals surface area contributed by atoms with E-state index in [0.29, 0.717) is 11.4 Å². The number of aromatic nitrogens is 2. The normalized spacial score (nSPS) is 10.5. The number of anilines is 1. The lowest BCUT2D eigenvalue weighted by atomic mass is 10.2. The highest BCUT2D eigenvalue weighted by Gasteiger charge is 2.25. The molecule has 0 radical (unpaired) electrons. The lowest BCUT2D eigenvalue weighted by Crippen LogP contribution is -2.36. The second-order valence-electron chi connectivity index (χ2n) is 5.53. The Kier molecular flexibility index (Phi) is 5.43. The van der Waals surface area contributed by atoms with Gasteiger partial charge in [-0.1, -0.05) is 12.1 Å². The first-order valence-electron chi connectivity index (χ1n) is 7.84. The second-order valence-corrected chi connectivity index (χ2v) is 6.49. The van der Waals surface area contributed by atoms with Gasteiger partial charge < -0.3 is 10.1 Å². The zero-order valence-corrected chi connectivity index (χ0v) is 15.1. The van der Waals surface area contributed by atoms with Crippen LogP contribution in [0, 0.1) is 6.92 Å². The van der Waals surface area contributed by atoms with Crippen LogP contribution >= 0.6 is 11.8 Å². The fourth-order valence-corrected chi connectivity index (χ4v) is 3.11. The van der Waals surface area contributed by atoms with E-state index in [2.05, 4.69) is 10.6 Å². The van der Waals surface area contributed by atoms with Crippen LogP contribution in [0.2, 0.25) is 0 Å². The van der Waals surface area contributed by atoms with Crippen LogP contribution in [0.4, 0.5) is 5.69 Å². The number of hydrogen-bond donors (Lipinski definition) is 2. The summed E-state index contributed by atoms with van der Waals surface area (Å²) in [4.78, 5) is 24.1. The molecule has 2 aromatic carbocycles. The van der Waals surface area contributed by atoms with E-state index in [9.17, 15) is 9.59 Å². The van der Waals surface area contributed by atoms with Gasteiger partial charge in [0, 0.05) is 17.8 Å². The van der Waals surface area contributed by atoms with Gasteiger partial charge in [0.25, 0.3) is 0 Å². The number of ether oxygens (including phenoxy) is 1. The van der Waals surface area contributed by atoms with Crippen molar-refractivity contribution in [1.82, 2.24) is 5.27 Å². The third-order valence-electron chi connectivity index (χ3n) is 3.58. The predicted octanol–water partition coefficient (Wildman–Crippen LogP) is 2.29. The second kappa shape index (κ2) is 7.92. The van der Waals surface area contributed by atoms with Gasteiger partial charge in [-0.15, -0.1) is 0 Å². The van der Waals surface area contributed by atoms with Gasteiger partial charge in [0.15, 0.2) is 0 Å². The highest BCUT2D eigenvalue weighted by atomic mass is 32.2. The van der Waals surface area contributed by atoms with Crippen molar-refractivity contribution in [3.8, 4) is 11.4 Å². The van der Waals surface area contributed by atoms with Gasteiger partial charge in [-0.05, 0) is 58.5 Å². The number of amides is 1. The van der Waals surface area contributed by atoms with Crippen LogP contribution in [0.1, 0.15) is 5.56 Å². The number of nitrogens with one attached hydrogen (secondary N) is 2. The number of H-pyrrole nitrogens is 1. The minimum Gasteiger partial charge on any atom is -0.497 e. The molecule has 8 heteroatoms. The summed E-state index contributed by atoms with van der Waals surface area (Å²) in [6, 6.07) is 14.6. The standard InChI is InChI=1S/C18H17N3O4S/c1-12-4-3-5-13(10-12)19-16(22)11-26-17-18(23)25-20-21(17)14-6-8-15(24-2)9-7-14/h3-10H,11H2,1-2H3,(H-,19,20,22,23)/p+1. The Hall–Kier alpha value is -3.00. The van der Waals surface area contributed by atoms with Crippen LogP contribution < -0.4 is 20.4 Å². The Morgan fingerprint density at radius 3 is 2.73 bits per heavy atom. The average Bonchev–Trinajstić information content (AvgIpc) is 3.00. The van der Waals surface area contributed by atoms with Crippen molar-refractivity contribution >= 4 is 23.4 Å². The monoisotopic (exact) mass is 372 g/mol. The smallest absolute Gasteiger partial charge is 0.442 e. The summed E-state index contributed by atoms with van der Waals surface area (Å²) in [6.07, 6.45) is 0. The maximum Gasteiger partial charge on any atom is 0.442 e. The molecule has 26 heavy (non-hydrogen) atoms. The first kappa shape index (κ1) is 17.8. The van der Waals surface area contributed by atoms with Gasteiger partial charge in [-0.2, -0.15) is 0 Å². The number of aromatic amines is 1. The fraction of sp³-hybridized carbons (Fsp3) is 0.167. The summed E-state index contributed by atoms with van der Waals surface area (Å²) in [5.41, 5.74) is 1.94. The molecule has 0 bridgehead atoms. The molecule has 1 aromatic heterocycles. The largest absolute Gasteiger partial charge is 0.497 e. The molecule has 0 atom stereocenters. The highest BCUT2D eigenvalue weighted by Crippen LogP contribution is 2.15. The van der Waals surface area contributed by atoms with Gasteiger partial charge in [0.1, 0.15) is 5.75 Å². The zero-order chi connectivity index (χ0) is 18.5. The highest BCUT2D eigenvalue weighted by molar-refractivity contribution is 7.99. The Labute approximate surface area is 153 Å². The Morgan fingerprint density at radius 1 is 1.27 bits per heavy atom. The van der Waals surface area contributed by atoms with E-state index < -0.39 is 5.63 Å². The molecule has 1 heterocycles. The zero-order valence-electron chi connectivity index (χ0n) is 14.3. The Balaban J connectivity index is 1.71. The third kappa shape index (κ3) is 4.15. The third-order valence-corrected chi connectivity index (χ3v) is 4.61. The van der Waals surface area contributed by atoms with Crippen molar-refractivity contribution in [3.05, 3.63) is 64.5 Å². The van der Waals surface area contributed by atoms with E-state index >= 15 is 0 Å². The lowest BCUT2D eigenvalue weighted by molar-refractivity contribution is -0.704. The molecule has 0 aliphatic heterocycles. The molecule has 0 saturated heterocycles. The molecule has 3 rings (SSSR count). The van der Waals surface area contributed by atoms with Crippen molar-refractivity contribution in [3.63, 3.8) is 0 Å². The number of nitrogens with zero attached hydrogens (tertiary/aromatic N) is 1. The van der Waals surface area contributed by atoms with Crippen molar-refractivity contribution in [2.75, 3.05) is 18.2 Å². The molecule has 7 nitrogen and oxygen atoms in total. The Morgan fingerprint density at radius 2 is 2.04 bits per heavy atom. The topological polar surface area (TPSA) is 88.2 Å². The number of carbonyl (C=O) groups is 1. The van der Waals surface area contributed by atoms with Gasteiger partial charge in [-0.3, -0.25) is 9.32 Å². The summed E-state index contributed by atoms with van der Waals surface area (Å²) in [6.45, 7) is 1.95. The maximum absolute atomic E-state index is 12.2. The van der Waals surface area contributed by atoms with Gasteiger partial charge >= 0.3 is 10.7 Å². The quantitative estimate of drug-likeness (QED) is 0.512.